The number of nitrogens with one attached hydrogen (secondary N) is 1. The summed E-state index contributed by atoms with van der Waals surface area (Å²) in [7, 11) is 2.08. The van der Waals surface area contributed by atoms with Gasteiger partial charge in [0.05, 0.1) is 6.54 Å². The van der Waals surface area contributed by atoms with Crippen LogP contribution >= 0.6 is 23.7 Å². The molecule has 1 fully saturated rings. The molecule has 5 nitrogen and oxygen atoms in total. The first-order valence-corrected chi connectivity index (χ1v) is 6.53. The molecule has 0 aromatic carbocycles. The third-order valence-corrected chi connectivity index (χ3v) is 3.70. The Morgan fingerprint density at radius 1 is 1.56 bits per heavy atom. The standard InChI is InChI=1S/C11H14N4OS.ClH/c1-15(9-4-12-5-9)6-10-13-11(14-16-10)8-2-3-17-7-8;/h2-3,7,9,12H,4-6H2,1H3;1H. The fraction of sp³-hybridized carbons (Fsp3) is 0.455. The molecular weight excluding hydrogens is 272 g/mol. The number of likely N-dealkylation sites (N-methyl/N-ethyl adjacent to an activating group) is 1. The highest BCUT2D eigenvalue weighted by atomic mass is 35.5. The van der Waals surface area contributed by atoms with E-state index in [4.69, 9.17) is 4.52 Å². The molecule has 7 heteroatoms. The lowest BCUT2D eigenvalue weighted by Gasteiger charge is -2.34. The normalized spacial score (nSPS) is 15.4. The van der Waals surface area contributed by atoms with Gasteiger partial charge in [0.1, 0.15) is 0 Å². The van der Waals surface area contributed by atoms with Gasteiger partial charge < -0.3 is 9.84 Å². The highest BCUT2D eigenvalue weighted by Gasteiger charge is 2.23. The van der Waals surface area contributed by atoms with Gasteiger partial charge in [-0.1, -0.05) is 5.16 Å². The molecule has 0 unspecified atom stereocenters. The van der Waals surface area contributed by atoms with E-state index >= 15 is 0 Å². The molecule has 0 aliphatic carbocycles. The zero-order valence-electron chi connectivity index (χ0n) is 10.00. The first-order valence-electron chi connectivity index (χ1n) is 5.59. The summed E-state index contributed by atoms with van der Waals surface area (Å²) in [6.07, 6.45) is 0. The number of hydrogen-bond acceptors (Lipinski definition) is 6. The second kappa shape index (κ2) is 5.79. The zero-order chi connectivity index (χ0) is 11.7. The van der Waals surface area contributed by atoms with Gasteiger partial charge in [0.15, 0.2) is 0 Å². The molecule has 1 saturated heterocycles. The molecule has 98 valence electrons. The molecule has 0 atom stereocenters. The quantitative estimate of drug-likeness (QED) is 0.926. The summed E-state index contributed by atoms with van der Waals surface area (Å²) >= 11 is 1.63. The Morgan fingerprint density at radius 2 is 2.39 bits per heavy atom. The topological polar surface area (TPSA) is 54.2 Å². The average Bonchev–Trinajstić information content (AvgIpc) is 2.82. The molecule has 1 N–H and O–H groups in total. The Kier molecular flexibility index (Phi) is 4.34. The Bertz CT molecular complexity index is 483. The van der Waals surface area contributed by atoms with Gasteiger partial charge in [0.25, 0.3) is 0 Å². The van der Waals surface area contributed by atoms with E-state index in [-0.39, 0.29) is 12.4 Å². The van der Waals surface area contributed by atoms with Crippen LogP contribution in [0.1, 0.15) is 5.89 Å². The third kappa shape index (κ3) is 2.72. The predicted octanol–water partition coefficient (Wildman–Crippen LogP) is 1.62. The zero-order valence-corrected chi connectivity index (χ0v) is 11.6. The summed E-state index contributed by atoms with van der Waals surface area (Å²) in [5.41, 5.74) is 1.03. The van der Waals surface area contributed by atoms with Crippen LogP contribution in [0.2, 0.25) is 0 Å². The van der Waals surface area contributed by atoms with Gasteiger partial charge >= 0.3 is 0 Å². The minimum Gasteiger partial charge on any atom is -0.338 e. The van der Waals surface area contributed by atoms with Crippen molar-refractivity contribution in [2.24, 2.45) is 0 Å². The largest absolute Gasteiger partial charge is 0.338 e. The Hall–Kier alpha value is -0.950. The van der Waals surface area contributed by atoms with Crippen molar-refractivity contribution in [3.63, 3.8) is 0 Å². The Labute approximate surface area is 116 Å². The third-order valence-electron chi connectivity index (χ3n) is 3.02. The van der Waals surface area contributed by atoms with Gasteiger partial charge in [-0.05, 0) is 18.5 Å². The van der Waals surface area contributed by atoms with Crippen LogP contribution in [0.25, 0.3) is 11.4 Å². The lowest BCUT2D eigenvalue weighted by Crippen LogP contribution is -2.55. The van der Waals surface area contributed by atoms with Gasteiger partial charge in [-0.3, -0.25) is 4.90 Å². The fourth-order valence-electron chi connectivity index (χ4n) is 1.76. The van der Waals surface area contributed by atoms with Gasteiger partial charge in [-0.2, -0.15) is 16.3 Å². The molecule has 3 heterocycles. The number of rotatable bonds is 4. The van der Waals surface area contributed by atoms with E-state index in [1.807, 2.05) is 16.8 Å². The van der Waals surface area contributed by atoms with Crippen LogP contribution in [-0.2, 0) is 6.54 Å². The van der Waals surface area contributed by atoms with Gasteiger partial charge in [-0.15, -0.1) is 12.4 Å². The molecule has 18 heavy (non-hydrogen) atoms. The van der Waals surface area contributed by atoms with E-state index in [1.54, 1.807) is 11.3 Å². The first kappa shape index (κ1) is 13.5. The van der Waals surface area contributed by atoms with Crippen LogP contribution in [0, 0.1) is 0 Å². The van der Waals surface area contributed by atoms with E-state index in [9.17, 15) is 0 Å². The molecule has 0 bridgehead atoms. The molecule has 0 radical (unpaired) electrons. The summed E-state index contributed by atoms with van der Waals surface area (Å²) in [6.45, 7) is 2.80. The van der Waals surface area contributed by atoms with Crippen LogP contribution in [0.15, 0.2) is 21.3 Å². The second-order valence-electron chi connectivity index (χ2n) is 4.25. The molecule has 2 aromatic rings. The lowest BCUT2D eigenvalue weighted by molar-refractivity contribution is 0.155. The minimum absolute atomic E-state index is 0. The van der Waals surface area contributed by atoms with Crippen molar-refractivity contribution < 1.29 is 4.52 Å². The van der Waals surface area contributed by atoms with E-state index in [2.05, 4.69) is 27.4 Å². The molecule has 0 amide bonds. The van der Waals surface area contributed by atoms with Crippen LogP contribution in [0.4, 0.5) is 0 Å². The summed E-state index contributed by atoms with van der Waals surface area (Å²) in [5, 5.41) is 11.3. The number of hydrogen-bond donors (Lipinski definition) is 1. The molecule has 0 saturated carbocycles. The highest BCUT2D eigenvalue weighted by Crippen LogP contribution is 2.19. The number of halogens is 1. The Morgan fingerprint density at radius 3 is 3.00 bits per heavy atom. The SMILES string of the molecule is CN(Cc1nc(-c2ccsc2)no1)C1CNC1.Cl. The maximum absolute atomic E-state index is 5.26. The molecule has 0 spiro atoms. The van der Waals surface area contributed by atoms with Gasteiger partial charge in [-0.25, -0.2) is 0 Å². The highest BCUT2D eigenvalue weighted by molar-refractivity contribution is 7.08. The van der Waals surface area contributed by atoms with Crippen LogP contribution in [0.3, 0.4) is 0 Å². The second-order valence-corrected chi connectivity index (χ2v) is 5.03. The number of thiophene rings is 1. The molecule has 1 aliphatic rings. The van der Waals surface area contributed by atoms with Crippen molar-refractivity contribution in [1.29, 1.82) is 0 Å². The first-order chi connectivity index (χ1) is 8.33. The minimum atomic E-state index is 0. The van der Waals surface area contributed by atoms with Gasteiger partial charge in [0, 0.05) is 30.1 Å². The van der Waals surface area contributed by atoms with Crippen molar-refractivity contribution in [3.05, 3.63) is 22.7 Å². The van der Waals surface area contributed by atoms with Crippen molar-refractivity contribution in [3.8, 4) is 11.4 Å². The van der Waals surface area contributed by atoms with E-state index < -0.39 is 0 Å². The summed E-state index contributed by atoms with van der Waals surface area (Å²) < 4.78 is 5.26. The average molecular weight is 287 g/mol. The maximum Gasteiger partial charge on any atom is 0.241 e. The molecule has 2 aromatic heterocycles. The van der Waals surface area contributed by atoms with Crippen molar-refractivity contribution in [1.82, 2.24) is 20.4 Å². The van der Waals surface area contributed by atoms with Crippen LogP contribution < -0.4 is 5.32 Å². The van der Waals surface area contributed by atoms with Crippen LogP contribution in [-0.4, -0.2) is 41.2 Å². The monoisotopic (exact) mass is 286 g/mol. The Balaban J connectivity index is 0.00000120. The van der Waals surface area contributed by atoms with Crippen molar-refractivity contribution in [2.75, 3.05) is 20.1 Å². The molecular formula is C11H15ClN4OS. The summed E-state index contributed by atoms with van der Waals surface area (Å²) in [5.74, 6) is 1.36. The maximum atomic E-state index is 5.26. The smallest absolute Gasteiger partial charge is 0.241 e. The van der Waals surface area contributed by atoms with Gasteiger partial charge in [0.2, 0.25) is 11.7 Å². The fourth-order valence-corrected chi connectivity index (χ4v) is 2.39. The molecule has 1 aliphatic heterocycles. The van der Waals surface area contributed by atoms with Crippen molar-refractivity contribution >= 4 is 23.7 Å². The summed E-state index contributed by atoms with van der Waals surface area (Å²) in [6, 6.07) is 2.59. The molecule has 3 rings (SSSR count). The summed E-state index contributed by atoms with van der Waals surface area (Å²) in [4.78, 5) is 6.64. The number of nitrogens with zero attached hydrogens (tertiary/aromatic N) is 3. The lowest BCUT2D eigenvalue weighted by atomic mass is 10.1. The number of aromatic nitrogens is 2. The van der Waals surface area contributed by atoms with Crippen LogP contribution in [0.5, 0.6) is 0 Å². The van der Waals surface area contributed by atoms with E-state index in [0.29, 0.717) is 24.3 Å². The predicted molar refractivity (Wildman–Crippen MR) is 73.0 cm³/mol. The van der Waals surface area contributed by atoms with E-state index in [1.165, 1.54) is 0 Å². The van der Waals surface area contributed by atoms with E-state index in [0.717, 1.165) is 18.7 Å². The van der Waals surface area contributed by atoms with Crippen molar-refractivity contribution in [2.45, 2.75) is 12.6 Å².